The minimum Gasteiger partial charge on any atom is -0.469 e. The molecule has 1 heterocycles. The van der Waals surface area contributed by atoms with E-state index in [0.717, 1.165) is 0 Å². The Labute approximate surface area is 148 Å². The molecule has 0 bridgehead atoms. The minimum absolute atomic E-state index is 0.106. The molecule has 26 heavy (non-hydrogen) atoms. The molecule has 0 aliphatic carbocycles. The monoisotopic (exact) mass is 354 g/mol. The van der Waals surface area contributed by atoms with Crippen LogP contribution < -0.4 is 4.74 Å². The zero-order valence-corrected chi connectivity index (χ0v) is 13.9. The fraction of sp³-hybridized carbons (Fsp3) is 0.158. The van der Waals surface area contributed by atoms with E-state index >= 15 is 0 Å². The van der Waals surface area contributed by atoms with Gasteiger partial charge >= 0.3 is 5.97 Å². The number of carbonyl (C=O) groups excluding carboxylic acids is 2. The Bertz CT molecular complexity index is 957. The van der Waals surface area contributed by atoms with Crippen LogP contribution in [-0.4, -0.2) is 34.9 Å². The molecule has 0 spiro atoms. The summed E-state index contributed by atoms with van der Waals surface area (Å²) in [5.74, 6) is -1.48. The first kappa shape index (κ1) is 17.5. The predicted molar refractivity (Wildman–Crippen MR) is 91.7 cm³/mol. The van der Waals surface area contributed by atoms with E-state index in [1.807, 2.05) is 0 Å². The van der Waals surface area contributed by atoms with Crippen LogP contribution in [0.15, 0.2) is 48.5 Å². The van der Waals surface area contributed by atoms with Gasteiger partial charge in [0, 0.05) is 5.56 Å². The van der Waals surface area contributed by atoms with Crippen LogP contribution in [0.2, 0.25) is 0 Å². The lowest BCUT2D eigenvalue weighted by Crippen LogP contribution is -2.15. The molecule has 6 nitrogen and oxygen atoms in total. The van der Waals surface area contributed by atoms with Crippen LogP contribution in [0.5, 0.6) is 5.88 Å². The van der Waals surface area contributed by atoms with E-state index in [4.69, 9.17) is 9.47 Å². The van der Waals surface area contributed by atoms with Gasteiger partial charge < -0.3 is 9.47 Å². The van der Waals surface area contributed by atoms with Crippen LogP contribution in [0.25, 0.3) is 10.9 Å². The highest BCUT2D eigenvalue weighted by atomic mass is 19.1. The number of carbonyl (C=O) groups is 2. The first-order valence-electron chi connectivity index (χ1n) is 7.94. The normalized spacial score (nSPS) is 10.5. The van der Waals surface area contributed by atoms with Crippen LogP contribution in [0.1, 0.15) is 27.9 Å². The molecule has 2 aromatic carbocycles. The number of para-hydroxylation sites is 1. The lowest BCUT2D eigenvalue weighted by Gasteiger charge is -2.09. The Balaban J connectivity index is 1.87. The predicted octanol–water partition coefficient (Wildman–Crippen LogP) is 3.21. The van der Waals surface area contributed by atoms with Gasteiger partial charge in [-0.15, -0.1) is 0 Å². The number of aromatic nitrogens is 2. The van der Waals surface area contributed by atoms with E-state index < -0.39 is 11.8 Å². The van der Waals surface area contributed by atoms with Crippen LogP contribution in [-0.2, 0) is 4.74 Å². The molecule has 0 unspecified atom stereocenters. The molecule has 0 saturated carbocycles. The van der Waals surface area contributed by atoms with Gasteiger partial charge in [0.1, 0.15) is 5.82 Å². The second kappa shape index (κ2) is 7.69. The van der Waals surface area contributed by atoms with Crippen molar-refractivity contribution in [3.63, 3.8) is 0 Å². The maximum Gasteiger partial charge on any atom is 0.376 e. The van der Waals surface area contributed by atoms with Crippen molar-refractivity contribution in [3.05, 3.63) is 65.7 Å². The Kier molecular flexibility index (Phi) is 5.17. The third-order valence-corrected chi connectivity index (χ3v) is 3.53. The van der Waals surface area contributed by atoms with Gasteiger partial charge in [0.05, 0.1) is 17.5 Å². The fourth-order valence-corrected chi connectivity index (χ4v) is 2.30. The number of halogens is 1. The van der Waals surface area contributed by atoms with Crippen molar-refractivity contribution in [2.45, 2.75) is 6.92 Å². The Hall–Kier alpha value is -3.35. The van der Waals surface area contributed by atoms with Crippen molar-refractivity contribution in [1.29, 1.82) is 0 Å². The van der Waals surface area contributed by atoms with Gasteiger partial charge in [0.2, 0.25) is 11.7 Å². The zero-order chi connectivity index (χ0) is 18.5. The number of esters is 1. The van der Waals surface area contributed by atoms with Crippen molar-refractivity contribution < 1.29 is 23.5 Å². The van der Waals surface area contributed by atoms with Crippen molar-refractivity contribution in [3.8, 4) is 5.88 Å². The van der Waals surface area contributed by atoms with Crippen molar-refractivity contribution in [2.24, 2.45) is 0 Å². The Morgan fingerprint density at radius 3 is 2.50 bits per heavy atom. The SMILES string of the molecule is CCOC(=O)c1nc(OCC(=O)c2ccc(F)cc2)c2ccccc2n1. The number of Topliss-reactive ketones (excluding diaryl/α,β-unsaturated/α-hetero) is 1. The quantitative estimate of drug-likeness (QED) is 0.500. The van der Waals surface area contributed by atoms with Gasteiger partial charge in [-0.05, 0) is 43.3 Å². The second-order valence-electron chi connectivity index (χ2n) is 5.31. The third-order valence-electron chi connectivity index (χ3n) is 3.53. The molecule has 0 radical (unpaired) electrons. The standard InChI is InChI=1S/C19H15FN2O4/c1-2-25-19(24)17-21-15-6-4-3-5-14(15)18(22-17)26-11-16(23)12-7-9-13(20)10-8-12/h3-10H,2,11H2,1H3. The van der Waals surface area contributed by atoms with Crippen molar-refractivity contribution >= 4 is 22.7 Å². The molecule has 0 N–H and O–H groups in total. The van der Waals surface area contributed by atoms with E-state index in [0.29, 0.717) is 16.5 Å². The first-order chi connectivity index (χ1) is 12.6. The number of ketones is 1. The molecule has 0 atom stereocenters. The van der Waals surface area contributed by atoms with E-state index in [1.165, 1.54) is 24.3 Å². The number of hydrogen-bond donors (Lipinski definition) is 0. The van der Waals surface area contributed by atoms with Crippen molar-refractivity contribution in [1.82, 2.24) is 9.97 Å². The molecule has 132 valence electrons. The molecule has 0 fully saturated rings. The molecule has 0 aliphatic rings. The van der Waals surface area contributed by atoms with E-state index in [1.54, 1.807) is 31.2 Å². The van der Waals surface area contributed by atoms with Crippen molar-refractivity contribution in [2.75, 3.05) is 13.2 Å². The van der Waals surface area contributed by atoms with E-state index in [2.05, 4.69) is 9.97 Å². The van der Waals surface area contributed by atoms with Gasteiger partial charge in [-0.2, -0.15) is 4.98 Å². The molecule has 3 aromatic rings. The molecular formula is C19H15FN2O4. The van der Waals surface area contributed by atoms with Crippen LogP contribution in [0.3, 0.4) is 0 Å². The number of fused-ring (bicyclic) bond motifs is 1. The highest BCUT2D eigenvalue weighted by molar-refractivity contribution is 5.97. The molecule has 0 amide bonds. The number of hydrogen-bond acceptors (Lipinski definition) is 6. The fourth-order valence-electron chi connectivity index (χ4n) is 2.30. The summed E-state index contributed by atoms with van der Waals surface area (Å²) in [6.07, 6.45) is 0. The zero-order valence-electron chi connectivity index (χ0n) is 13.9. The smallest absolute Gasteiger partial charge is 0.376 e. The van der Waals surface area contributed by atoms with Gasteiger partial charge in [-0.25, -0.2) is 14.2 Å². The summed E-state index contributed by atoms with van der Waals surface area (Å²) in [4.78, 5) is 32.4. The highest BCUT2D eigenvalue weighted by Gasteiger charge is 2.17. The number of benzene rings is 2. The van der Waals surface area contributed by atoms with Gasteiger partial charge in [0.25, 0.3) is 0 Å². The molecule has 7 heteroatoms. The minimum atomic E-state index is -0.673. The topological polar surface area (TPSA) is 78.4 Å². The largest absolute Gasteiger partial charge is 0.469 e. The molecular weight excluding hydrogens is 339 g/mol. The Morgan fingerprint density at radius 2 is 1.77 bits per heavy atom. The summed E-state index contributed by atoms with van der Waals surface area (Å²) < 4.78 is 23.4. The highest BCUT2D eigenvalue weighted by Crippen LogP contribution is 2.22. The summed E-state index contributed by atoms with van der Waals surface area (Å²) in [5.41, 5.74) is 0.810. The first-order valence-corrected chi connectivity index (χ1v) is 7.94. The van der Waals surface area contributed by atoms with E-state index in [-0.39, 0.29) is 30.7 Å². The summed E-state index contributed by atoms with van der Waals surface area (Å²) in [7, 11) is 0. The summed E-state index contributed by atoms with van der Waals surface area (Å²) in [5, 5.41) is 0.562. The van der Waals surface area contributed by atoms with Crippen LogP contribution >= 0.6 is 0 Å². The number of ether oxygens (including phenoxy) is 2. The third kappa shape index (κ3) is 3.83. The molecule has 0 aliphatic heterocycles. The van der Waals surface area contributed by atoms with E-state index in [9.17, 15) is 14.0 Å². The lowest BCUT2D eigenvalue weighted by atomic mass is 10.1. The molecule has 0 saturated heterocycles. The molecule has 3 rings (SSSR count). The summed E-state index contributed by atoms with van der Waals surface area (Å²) >= 11 is 0. The average molecular weight is 354 g/mol. The molecule has 1 aromatic heterocycles. The summed E-state index contributed by atoms with van der Waals surface area (Å²) in [6.45, 7) is 1.56. The number of nitrogens with zero attached hydrogens (tertiary/aromatic N) is 2. The van der Waals surface area contributed by atoms with Crippen LogP contribution in [0, 0.1) is 5.82 Å². The average Bonchev–Trinajstić information content (AvgIpc) is 2.66. The summed E-state index contributed by atoms with van der Waals surface area (Å²) in [6, 6.07) is 12.1. The second-order valence-corrected chi connectivity index (χ2v) is 5.31. The maximum atomic E-state index is 13.0. The number of rotatable bonds is 6. The Morgan fingerprint density at radius 1 is 1.04 bits per heavy atom. The van der Waals surface area contributed by atoms with Crippen LogP contribution in [0.4, 0.5) is 4.39 Å². The van der Waals surface area contributed by atoms with Gasteiger partial charge in [0.15, 0.2) is 12.4 Å². The van der Waals surface area contributed by atoms with Gasteiger partial charge in [-0.3, -0.25) is 4.79 Å². The lowest BCUT2D eigenvalue weighted by molar-refractivity contribution is 0.0511. The van der Waals surface area contributed by atoms with Gasteiger partial charge in [-0.1, -0.05) is 12.1 Å². The maximum absolute atomic E-state index is 13.0.